The maximum atomic E-state index is 12.7. The SMILES string of the molecule is Cc1ccccc1C(=O)N1CCN(C(=O)CNC(=O)c2cnc(-c3ccccc3)s2)CC1. The fourth-order valence-electron chi connectivity index (χ4n) is 3.59. The minimum atomic E-state index is -0.314. The standard InChI is InChI=1S/C24H24N4O3S/c1-17-7-5-6-10-19(17)24(31)28-13-11-27(12-14-28)21(29)16-25-22(30)20-15-26-23(32-20)18-8-3-2-4-9-18/h2-10,15H,11-14,16H2,1H3,(H,25,30). The fraction of sp³-hybridized carbons (Fsp3) is 0.250. The van der Waals surface area contributed by atoms with Crippen molar-refractivity contribution in [3.05, 3.63) is 76.8 Å². The van der Waals surface area contributed by atoms with E-state index in [4.69, 9.17) is 0 Å². The van der Waals surface area contributed by atoms with Crippen molar-refractivity contribution in [3.8, 4) is 10.6 Å². The monoisotopic (exact) mass is 448 g/mol. The molecule has 1 fully saturated rings. The van der Waals surface area contributed by atoms with E-state index in [1.165, 1.54) is 17.5 Å². The van der Waals surface area contributed by atoms with Crippen molar-refractivity contribution < 1.29 is 14.4 Å². The summed E-state index contributed by atoms with van der Waals surface area (Å²) < 4.78 is 0. The van der Waals surface area contributed by atoms with Crippen molar-refractivity contribution in [2.24, 2.45) is 0 Å². The van der Waals surface area contributed by atoms with E-state index in [0.29, 0.717) is 36.6 Å². The molecule has 2 aromatic carbocycles. The van der Waals surface area contributed by atoms with Crippen molar-refractivity contribution in [3.63, 3.8) is 0 Å². The Kier molecular flexibility index (Phi) is 6.61. The van der Waals surface area contributed by atoms with Gasteiger partial charge in [0.2, 0.25) is 5.91 Å². The van der Waals surface area contributed by atoms with E-state index in [1.54, 1.807) is 9.80 Å². The zero-order valence-corrected chi connectivity index (χ0v) is 18.6. The number of hydrogen-bond donors (Lipinski definition) is 1. The second-order valence-corrected chi connectivity index (χ2v) is 8.60. The molecular weight excluding hydrogens is 424 g/mol. The highest BCUT2D eigenvalue weighted by Crippen LogP contribution is 2.24. The van der Waals surface area contributed by atoms with E-state index in [9.17, 15) is 14.4 Å². The summed E-state index contributed by atoms with van der Waals surface area (Å²) in [5, 5.41) is 3.45. The van der Waals surface area contributed by atoms with Crippen LogP contribution in [0.5, 0.6) is 0 Å². The maximum absolute atomic E-state index is 12.7. The molecule has 0 aliphatic carbocycles. The number of thiazole rings is 1. The zero-order valence-electron chi connectivity index (χ0n) is 17.8. The largest absolute Gasteiger partial charge is 0.342 e. The number of rotatable bonds is 5. The first kappa shape index (κ1) is 21.7. The Morgan fingerprint density at radius 3 is 2.31 bits per heavy atom. The molecule has 2 heterocycles. The van der Waals surface area contributed by atoms with Gasteiger partial charge in [0.05, 0.1) is 12.7 Å². The molecule has 1 N–H and O–H groups in total. The maximum Gasteiger partial charge on any atom is 0.263 e. The van der Waals surface area contributed by atoms with E-state index >= 15 is 0 Å². The van der Waals surface area contributed by atoms with Crippen LogP contribution in [0.4, 0.5) is 0 Å². The summed E-state index contributed by atoms with van der Waals surface area (Å²) in [5.41, 5.74) is 2.59. The molecule has 1 aliphatic rings. The predicted molar refractivity (Wildman–Crippen MR) is 124 cm³/mol. The Morgan fingerprint density at radius 2 is 1.59 bits per heavy atom. The number of aromatic nitrogens is 1. The van der Waals surface area contributed by atoms with Crippen LogP contribution in [0, 0.1) is 6.92 Å². The first-order chi connectivity index (χ1) is 15.5. The highest BCUT2D eigenvalue weighted by atomic mass is 32.1. The molecule has 3 aromatic rings. The smallest absolute Gasteiger partial charge is 0.263 e. The quantitative estimate of drug-likeness (QED) is 0.651. The summed E-state index contributed by atoms with van der Waals surface area (Å²) in [6, 6.07) is 17.2. The van der Waals surface area contributed by atoms with Gasteiger partial charge in [-0.05, 0) is 18.6 Å². The van der Waals surface area contributed by atoms with Crippen molar-refractivity contribution in [1.82, 2.24) is 20.1 Å². The normalized spacial score (nSPS) is 13.7. The lowest BCUT2D eigenvalue weighted by atomic mass is 10.1. The molecule has 7 nitrogen and oxygen atoms in total. The van der Waals surface area contributed by atoms with Gasteiger partial charge in [-0.15, -0.1) is 11.3 Å². The van der Waals surface area contributed by atoms with Crippen LogP contribution < -0.4 is 5.32 Å². The van der Waals surface area contributed by atoms with Crippen molar-refractivity contribution in [2.75, 3.05) is 32.7 Å². The van der Waals surface area contributed by atoms with Crippen LogP contribution in [0.3, 0.4) is 0 Å². The summed E-state index contributed by atoms with van der Waals surface area (Å²) >= 11 is 1.29. The predicted octanol–water partition coefficient (Wildman–Crippen LogP) is 2.83. The molecule has 0 saturated carbocycles. The number of piperazine rings is 1. The van der Waals surface area contributed by atoms with Gasteiger partial charge >= 0.3 is 0 Å². The summed E-state index contributed by atoms with van der Waals surface area (Å²) in [4.78, 5) is 46.0. The second kappa shape index (κ2) is 9.74. The summed E-state index contributed by atoms with van der Waals surface area (Å²) in [6.45, 7) is 3.69. The number of carbonyl (C=O) groups is 3. The molecule has 32 heavy (non-hydrogen) atoms. The average molecular weight is 449 g/mol. The number of hydrogen-bond acceptors (Lipinski definition) is 5. The first-order valence-corrected chi connectivity index (χ1v) is 11.3. The van der Waals surface area contributed by atoms with Gasteiger partial charge in [-0.1, -0.05) is 48.5 Å². The van der Waals surface area contributed by atoms with Gasteiger partial charge < -0.3 is 15.1 Å². The third-order valence-electron chi connectivity index (χ3n) is 5.45. The summed E-state index contributed by atoms with van der Waals surface area (Å²) in [6.07, 6.45) is 1.53. The lowest BCUT2D eigenvalue weighted by Crippen LogP contribution is -2.52. The number of aryl methyl sites for hydroxylation is 1. The summed E-state index contributed by atoms with van der Waals surface area (Å²) in [7, 11) is 0. The Hall–Kier alpha value is -3.52. The molecule has 1 saturated heterocycles. The van der Waals surface area contributed by atoms with Crippen molar-refractivity contribution in [1.29, 1.82) is 0 Å². The molecule has 0 atom stereocenters. The van der Waals surface area contributed by atoms with Gasteiger partial charge in [-0.25, -0.2) is 4.98 Å². The Morgan fingerprint density at radius 1 is 0.938 bits per heavy atom. The van der Waals surface area contributed by atoms with E-state index in [2.05, 4.69) is 10.3 Å². The van der Waals surface area contributed by atoms with E-state index in [1.807, 2.05) is 61.5 Å². The van der Waals surface area contributed by atoms with Gasteiger partial charge in [0.15, 0.2) is 0 Å². The minimum absolute atomic E-state index is 0.0112. The minimum Gasteiger partial charge on any atom is -0.342 e. The molecule has 8 heteroatoms. The molecule has 0 spiro atoms. The van der Waals surface area contributed by atoms with Crippen LogP contribution in [0.15, 0.2) is 60.8 Å². The van der Waals surface area contributed by atoms with Crippen LogP contribution in [0.1, 0.15) is 25.6 Å². The molecule has 164 valence electrons. The third-order valence-corrected chi connectivity index (χ3v) is 6.49. The molecule has 0 unspecified atom stereocenters. The van der Waals surface area contributed by atoms with Crippen LogP contribution >= 0.6 is 11.3 Å². The van der Waals surface area contributed by atoms with Crippen LogP contribution in [-0.4, -0.2) is 65.2 Å². The molecule has 3 amide bonds. The van der Waals surface area contributed by atoms with Gasteiger partial charge in [0.1, 0.15) is 9.88 Å². The van der Waals surface area contributed by atoms with Crippen molar-refractivity contribution in [2.45, 2.75) is 6.92 Å². The lowest BCUT2D eigenvalue weighted by Gasteiger charge is -2.35. The number of benzene rings is 2. The van der Waals surface area contributed by atoms with Gasteiger partial charge in [0.25, 0.3) is 11.8 Å². The molecule has 4 rings (SSSR count). The second-order valence-electron chi connectivity index (χ2n) is 7.57. The topological polar surface area (TPSA) is 82.6 Å². The van der Waals surface area contributed by atoms with Crippen molar-refractivity contribution >= 4 is 29.1 Å². The highest BCUT2D eigenvalue weighted by molar-refractivity contribution is 7.16. The highest BCUT2D eigenvalue weighted by Gasteiger charge is 2.25. The number of carbonyl (C=O) groups excluding carboxylic acids is 3. The number of nitrogens with one attached hydrogen (secondary N) is 1. The van der Waals surface area contributed by atoms with Gasteiger partial charge in [0, 0.05) is 37.3 Å². The molecule has 1 aromatic heterocycles. The van der Waals surface area contributed by atoms with Gasteiger partial charge in [-0.3, -0.25) is 14.4 Å². The Bertz CT molecular complexity index is 1120. The lowest BCUT2D eigenvalue weighted by molar-refractivity contribution is -0.131. The molecule has 0 radical (unpaired) electrons. The average Bonchev–Trinajstić information content (AvgIpc) is 3.33. The van der Waals surface area contributed by atoms with Crippen LogP contribution in [-0.2, 0) is 4.79 Å². The van der Waals surface area contributed by atoms with Gasteiger partial charge in [-0.2, -0.15) is 0 Å². The molecular formula is C24H24N4O3S. The zero-order chi connectivity index (χ0) is 22.5. The Balaban J connectivity index is 1.26. The van der Waals surface area contributed by atoms with E-state index < -0.39 is 0 Å². The molecule has 0 bridgehead atoms. The number of nitrogens with zero attached hydrogens (tertiary/aromatic N) is 3. The Labute approximate surface area is 190 Å². The third kappa shape index (κ3) is 4.86. The van der Waals surface area contributed by atoms with E-state index in [-0.39, 0.29) is 24.3 Å². The van der Waals surface area contributed by atoms with Crippen LogP contribution in [0.25, 0.3) is 10.6 Å². The number of amides is 3. The molecule has 1 aliphatic heterocycles. The van der Waals surface area contributed by atoms with Crippen LogP contribution in [0.2, 0.25) is 0 Å². The van der Waals surface area contributed by atoms with E-state index in [0.717, 1.165) is 16.1 Å². The first-order valence-electron chi connectivity index (χ1n) is 10.4. The summed E-state index contributed by atoms with van der Waals surface area (Å²) in [5.74, 6) is -0.483. The fourth-order valence-corrected chi connectivity index (χ4v) is 4.43.